The molecule has 138 valence electrons. The van der Waals surface area contributed by atoms with E-state index < -0.39 is 0 Å². The maximum Gasteiger partial charge on any atom is 0.233 e. The molecule has 1 saturated heterocycles. The molecule has 0 radical (unpaired) electrons. The van der Waals surface area contributed by atoms with Crippen molar-refractivity contribution in [3.05, 3.63) is 52.7 Å². The Kier molecular flexibility index (Phi) is 5.87. The number of benzene rings is 1. The van der Waals surface area contributed by atoms with Gasteiger partial charge in [0.2, 0.25) is 5.91 Å². The third kappa shape index (κ3) is 4.04. The molecule has 1 aromatic heterocycles. The summed E-state index contributed by atoms with van der Waals surface area (Å²) >= 11 is 1.68. The normalized spacial score (nSPS) is 14.6. The van der Waals surface area contributed by atoms with Crippen LogP contribution in [0.3, 0.4) is 0 Å². The molecular weight excluding hydrogens is 342 g/mol. The summed E-state index contributed by atoms with van der Waals surface area (Å²) in [6, 6.07) is 8.19. The Bertz CT molecular complexity index is 757. The van der Waals surface area contributed by atoms with Crippen molar-refractivity contribution in [2.45, 2.75) is 32.6 Å². The molecule has 5 heteroatoms. The Morgan fingerprint density at radius 3 is 2.27 bits per heavy atom. The molecule has 3 rings (SSSR count). The maximum absolute atomic E-state index is 12.7. The second kappa shape index (κ2) is 8.12. The van der Waals surface area contributed by atoms with Crippen LogP contribution >= 0.6 is 11.8 Å². The highest BCUT2D eigenvalue weighted by Crippen LogP contribution is 2.31. The molecule has 0 unspecified atom stereocenters. The second-order valence-corrected chi connectivity index (χ2v) is 7.92. The highest BCUT2D eigenvalue weighted by Gasteiger charge is 2.22. The lowest BCUT2D eigenvalue weighted by atomic mass is 10.0. The first kappa shape index (κ1) is 18.8. The fourth-order valence-corrected chi connectivity index (χ4v) is 4.55. The first-order valence-electron chi connectivity index (χ1n) is 9.11. The van der Waals surface area contributed by atoms with E-state index in [2.05, 4.69) is 43.6 Å². The van der Waals surface area contributed by atoms with E-state index in [-0.39, 0.29) is 5.91 Å². The number of hydrogen-bond donors (Lipinski definition) is 0. The molecular formula is C21H27N3OS. The summed E-state index contributed by atoms with van der Waals surface area (Å²) in [7, 11) is 0. The second-order valence-electron chi connectivity index (χ2n) is 6.93. The number of piperazine rings is 1. The summed E-state index contributed by atoms with van der Waals surface area (Å²) in [5.74, 6) is 1.73. The predicted octanol–water partition coefficient (Wildman–Crippen LogP) is 3.76. The van der Waals surface area contributed by atoms with Crippen molar-refractivity contribution in [1.82, 2.24) is 9.88 Å². The van der Waals surface area contributed by atoms with Gasteiger partial charge in [0.05, 0.1) is 5.75 Å². The molecule has 1 fully saturated rings. The number of nitrogens with zero attached hydrogens (tertiary/aromatic N) is 3. The zero-order chi connectivity index (χ0) is 18.7. The minimum atomic E-state index is 0.230. The average molecular weight is 370 g/mol. The van der Waals surface area contributed by atoms with Crippen LogP contribution in [0, 0.1) is 27.7 Å². The number of aryl methyl sites for hydroxylation is 2. The molecule has 0 bridgehead atoms. The molecule has 1 aliphatic rings. The van der Waals surface area contributed by atoms with Crippen LogP contribution in [0.2, 0.25) is 0 Å². The van der Waals surface area contributed by atoms with Gasteiger partial charge in [-0.2, -0.15) is 0 Å². The highest BCUT2D eigenvalue weighted by atomic mass is 32.2. The monoisotopic (exact) mass is 369 g/mol. The van der Waals surface area contributed by atoms with Crippen LogP contribution in [0.1, 0.15) is 22.3 Å². The predicted molar refractivity (Wildman–Crippen MR) is 109 cm³/mol. The number of carbonyl (C=O) groups is 1. The van der Waals surface area contributed by atoms with Crippen LogP contribution in [0.25, 0.3) is 0 Å². The van der Waals surface area contributed by atoms with E-state index in [0.717, 1.165) is 32.0 Å². The van der Waals surface area contributed by atoms with E-state index in [4.69, 9.17) is 0 Å². The molecule has 0 aliphatic carbocycles. The Balaban J connectivity index is 1.57. The Morgan fingerprint density at radius 2 is 1.69 bits per heavy atom. The summed E-state index contributed by atoms with van der Waals surface area (Å²) in [4.78, 5) is 22.6. The molecule has 0 saturated carbocycles. The van der Waals surface area contributed by atoms with E-state index in [0.29, 0.717) is 5.75 Å². The lowest BCUT2D eigenvalue weighted by molar-refractivity contribution is -0.128. The van der Waals surface area contributed by atoms with E-state index >= 15 is 0 Å². The summed E-state index contributed by atoms with van der Waals surface area (Å²) < 4.78 is 0. The van der Waals surface area contributed by atoms with Gasteiger partial charge in [0.1, 0.15) is 5.82 Å². The van der Waals surface area contributed by atoms with Gasteiger partial charge in [-0.1, -0.05) is 12.1 Å². The smallest absolute Gasteiger partial charge is 0.233 e. The van der Waals surface area contributed by atoms with Crippen molar-refractivity contribution in [2.75, 3.05) is 36.8 Å². The van der Waals surface area contributed by atoms with Crippen LogP contribution in [0.5, 0.6) is 0 Å². The van der Waals surface area contributed by atoms with Gasteiger partial charge in [-0.25, -0.2) is 4.98 Å². The zero-order valence-electron chi connectivity index (χ0n) is 16.1. The Hall–Kier alpha value is -2.01. The molecule has 2 heterocycles. The maximum atomic E-state index is 12.7. The van der Waals surface area contributed by atoms with Gasteiger partial charge in [-0.05, 0) is 62.1 Å². The van der Waals surface area contributed by atoms with Crippen LogP contribution in [-0.2, 0) is 4.79 Å². The molecule has 4 nitrogen and oxygen atoms in total. The lowest BCUT2D eigenvalue weighted by Gasteiger charge is -2.35. The van der Waals surface area contributed by atoms with Crippen molar-refractivity contribution in [3.8, 4) is 0 Å². The summed E-state index contributed by atoms with van der Waals surface area (Å²) in [5, 5.41) is 0. The molecule has 0 N–H and O–H groups in total. The molecule has 1 aliphatic heterocycles. The number of amides is 1. The fraction of sp³-hybridized carbons (Fsp3) is 0.429. The van der Waals surface area contributed by atoms with Gasteiger partial charge in [0, 0.05) is 37.3 Å². The molecule has 1 amide bonds. The van der Waals surface area contributed by atoms with E-state index in [1.54, 1.807) is 11.8 Å². The Morgan fingerprint density at radius 1 is 1.04 bits per heavy atom. The number of pyridine rings is 1. The van der Waals surface area contributed by atoms with E-state index in [9.17, 15) is 4.79 Å². The summed E-state index contributed by atoms with van der Waals surface area (Å²) in [6.45, 7) is 11.8. The quantitative estimate of drug-likeness (QED) is 0.769. The van der Waals surface area contributed by atoms with E-state index in [1.807, 2.05) is 29.3 Å². The minimum absolute atomic E-state index is 0.230. The van der Waals surface area contributed by atoms with Crippen molar-refractivity contribution < 1.29 is 4.79 Å². The molecule has 26 heavy (non-hydrogen) atoms. The molecule has 0 spiro atoms. The number of aromatic nitrogens is 1. The van der Waals surface area contributed by atoms with Crippen LogP contribution in [0.4, 0.5) is 5.82 Å². The lowest BCUT2D eigenvalue weighted by Crippen LogP contribution is -2.49. The van der Waals surface area contributed by atoms with Crippen LogP contribution < -0.4 is 4.90 Å². The van der Waals surface area contributed by atoms with Crippen molar-refractivity contribution in [2.24, 2.45) is 0 Å². The number of carbonyl (C=O) groups excluding carboxylic acids is 1. The average Bonchev–Trinajstić information content (AvgIpc) is 2.67. The van der Waals surface area contributed by atoms with Crippen molar-refractivity contribution >= 4 is 23.5 Å². The van der Waals surface area contributed by atoms with Gasteiger partial charge in [-0.15, -0.1) is 11.8 Å². The van der Waals surface area contributed by atoms with E-state index in [1.165, 1.54) is 27.1 Å². The number of rotatable bonds is 4. The van der Waals surface area contributed by atoms with Crippen LogP contribution in [-0.4, -0.2) is 47.7 Å². The Labute approximate surface area is 160 Å². The first-order valence-corrected chi connectivity index (χ1v) is 10.1. The summed E-state index contributed by atoms with van der Waals surface area (Å²) in [5.41, 5.74) is 5.19. The third-order valence-corrected chi connectivity index (χ3v) is 6.54. The van der Waals surface area contributed by atoms with Gasteiger partial charge >= 0.3 is 0 Å². The highest BCUT2D eigenvalue weighted by molar-refractivity contribution is 8.00. The zero-order valence-corrected chi connectivity index (χ0v) is 16.9. The van der Waals surface area contributed by atoms with Gasteiger partial charge in [0.15, 0.2) is 0 Å². The minimum Gasteiger partial charge on any atom is -0.353 e. The molecule has 1 aromatic carbocycles. The number of thioether (sulfide) groups is 1. The van der Waals surface area contributed by atoms with Crippen LogP contribution in [0.15, 0.2) is 35.4 Å². The van der Waals surface area contributed by atoms with Gasteiger partial charge in [-0.3, -0.25) is 4.79 Å². The third-order valence-electron chi connectivity index (χ3n) is 5.24. The molecule has 2 aromatic rings. The SMILES string of the molecule is Cc1cc(C)c(C)c(SCC(=O)N2CCN(c3ccccn3)CC2)c1C. The largest absolute Gasteiger partial charge is 0.353 e. The van der Waals surface area contributed by atoms with Crippen molar-refractivity contribution in [1.29, 1.82) is 0 Å². The number of hydrogen-bond acceptors (Lipinski definition) is 4. The fourth-order valence-electron chi connectivity index (χ4n) is 3.35. The molecule has 0 atom stereocenters. The summed E-state index contributed by atoms with van der Waals surface area (Å²) in [6.07, 6.45) is 1.82. The van der Waals surface area contributed by atoms with Gasteiger partial charge < -0.3 is 9.80 Å². The van der Waals surface area contributed by atoms with Gasteiger partial charge in [0.25, 0.3) is 0 Å². The topological polar surface area (TPSA) is 36.4 Å². The number of anilines is 1. The standard InChI is InChI=1S/C21H27N3OS/c1-15-13-16(2)18(4)21(17(15)3)26-14-20(25)24-11-9-23(10-12-24)19-7-5-6-8-22-19/h5-8,13H,9-12,14H2,1-4H3. The first-order chi connectivity index (χ1) is 12.5. The van der Waals surface area contributed by atoms with Crippen molar-refractivity contribution in [3.63, 3.8) is 0 Å².